The zero-order chi connectivity index (χ0) is 13.7. The monoisotopic (exact) mass is 256 g/mol. The number of hydrogen-bond donors (Lipinski definition) is 1. The van der Waals surface area contributed by atoms with Crippen LogP contribution in [0, 0.1) is 5.41 Å². The standard InChI is InChI=1S/C17H24N2/c1-17(2,3)10-11-18-14-15-6-8-16(9-7-15)19-12-4-5-13-19/h4-9,12-13,18H,10-11,14H2,1-3H3. The van der Waals surface area contributed by atoms with Gasteiger partial charge in [-0.15, -0.1) is 0 Å². The summed E-state index contributed by atoms with van der Waals surface area (Å²) in [5, 5.41) is 3.51. The highest BCUT2D eigenvalue weighted by Gasteiger charge is 2.08. The Kier molecular flexibility index (Phi) is 4.43. The maximum Gasteiger partial charge on any atom is 0.0449 e. The summed E-state index contributed by atoms with van der Waals surface area (Å²) in [6.07, 6.45) is 5.33. The van der Waals surface area contributed by atoms with Crippen LogP contribution in [0.1, 0.15) is 32.8 Å². The van der Waals surface area contributed by atoms with Gasteiger partial charge in [0.25, 0.3) is 0 Å². The van der Waals surface area contributed by atoms with Gasteiger partial charge in [0.2, 0.25) is 0 Å². The Morgan fingerprint density at radius 1 is 1.00 bits per heavy atom. The fraction of sp³-hybridized carbons (Fsp3) is 0.412. The molecule has 0 amide bonds. The van der Waals surface area contributed by atoms with Crippen molar-refractivity contribution in [2.75, 3.05) is 6.54 Å². The van der Waals surface area contributed by atoms with Gasteiger partial charge in [-0.2, -0.15) is 0 Å². The van der Waals surface area contributed by atoms with Crippen LogP contribution in [0.2, 0.25) is 0 Å². The summed E-state index contributed by atoms with van der Waals surface area (Å²) in [6, 6.07) is 12.8. The van der Waals surface area contributed by atoms with E-state index in [0.717, 1.165) is 13.1 Å². The first-order valence-corrected chi connectivity index (χ1v) is 6.98. The molecule has 102 valence electrons. The minimum atomic E-state index is 0.408. The van der Waals surface area contributed by atoms with Gasteiger partial charge in [0.15, 0.2) is 0 Å². The molecule has 0 saturated carbocycles. The van der Waals surface area contributed by atoms with E-state index in [-0.39, 0.29) is 0 Å². The molecular formula is C17H24N2. The minimum Gasteiger partial charge on any atom is -0.324 e. The number of hydrogen-bond acceptors (Lipinski definition) is 1. The molecular weight excluding hydrogens is 232 g/mol. The lowest BCUT2D eigenvalue weighted by molar-refractivity contribution is 0.366. The maximum absolute atomic E-state index is 3.51. The van der Waals surface area contributed by atoms with Gasteiger partial charge >= 0.3 is 0 Å². The van der Waals surface area contributed by atoms with E-state index < -0.39 is 0 Å². The van der Waals surface area contributed by atoms with Crippen molar-refractivity contribution in [3.63, 3.8) is 0 Å². The number of rotatable bonds is 5. The highest BCUT2D eigenvalue weighted by Crippen LogP contribution is 2.17. The third kappa shape index (κ3) is 4.56. The molecule has 0 saturated heterocycles. The molecule has 0 aliphatic heterocycles. The van der Waals surface area contributed by atoms with Crippen molar-refractivity contribution in [3.05, 3.63) is 54.4 Å². The van der Waals surface area contributed by atoms with Gasteiger partial charge in [0.05, 0.1) is 0 Å². The lowest BCUT2D eigenvalue weighted by Crippen LogP contribution is -2.20. The number of nitrogens with one attached hydrogen (secondary N) is 1. The highest BCUT2D eigenvalue weighted by molar-refractivity contribution is 5.35. The molecule has 1 heterocycles. The molecule has 0 aliphatic rings. The van der Waals surface area contributed by atoms with Crippen LogP contribution in [0.15, 0.2) is 48.8 Å². The average molecular weight is 256 g/mol. The van der Waals surface area contributed by atoms with Crippen LogP contribution >= 0.6 is 0 Å². The Bertz CT molecular complexity index is 475. The summed E-state index contributed by atoms with van der Waals surface area (Å²) in [5.41, 5.74) is 2.96. The minimum absolute atomic E-state index is 0.408. The van der Waals surface area contributed by atoms with Crippen LogP contribution in [0.3, 0.4) is 0 Å². The molecule has 2 aromatic rings. The van der Waals surface area contributed by atoms with Crippen molar-refractivity contribution >= 4 is 0 Å². The van der Waals surface area contributed by atoms with Crippen LogP contribution < -0.4 is 5.32 Å². The summed E-state index contributed by atoms with van der Waals surface area (Å²) in [5.74, 6) is 0. The first-order chi connectivity index (χ1) is 9.04. The molecule has 0 spiro atoms. The van der Waals surface area contributed by atoms with E-state index in [4.69, 9.17) is 0 Å². The molecule has 0 aliphatic carbocycles. The summed E-state index contributed by atoms with van der Waals surface area (Å²) in [4.78, 5) is 0. The van der Waals surface area contributed by atoms with E-state index in [1.807, 2.05) is 12.1 Å². The summed E-state index contributed by atoms with van der Waals surface area (Å²) in [6.45, 7) is 8.85. The predicted octanol–water partition coefficient (Wildman–Crippen LogP) is 4.00. The largest absolute Gasteiger partial charge is 0.324 e. The Balaban J connectivity index is 1.83. The second-order valence-electron chi connectivity index (χ2n) is 6.24. The Labute approximate surface area is 116 Å². The fourth-order valence-corrected chi connectivity index (χ4v) is 1.99. The van der Waals surface area contributed by atoms with E-state index in [1.165, 1.54) is 17.7 Å². The van der Waals surface area contributed by atoms with E-state index in [1.54, 1.807) is 0 Å². The van der Waals surface area contributed by atoms with Crippen LogP contribution in [0.5, 0.6) is 0 Å². The average Bonchev–Trinajstić information content (AvgIpc) is 2.88. The SMILES string of the molecule is CC(C)(C)CCNCc1ccc(-n2cccc2)cc1. The van der Waals surface area contributed by atoms with Gasteiger partial charge in [0.1, 0.15) is 0 Å². The molecule has 2 heteroatoms. The zero-order valence-electron chi connectivity index (χ0n) is 12.2. The van der Waals surface area contributed by atoms with Gasteiger partial charge in [-0.3, -0.25) is 0 Å². The Hall–Kier alpha value is -1.54. The topological polar surface area (TPSA) is 17.0 Å². The third-order valence-electron chi connectivity index (χ3n) is 3.22. The molecule has 19 heavy (non-hydrogen) atoms. The van der Waals surface area contributed by atoms with Crippen molar-refractivity contribution < 1.29 is 0 Å². The van der Waals surface area contributed by atoms with E-state index >= 15 is 0 Å². The maximum atomic E-state index is 3.51. The summed E-state index contributed by atoms with van der Waals surface area (Å²) < 4.78 is 2.12. The number of benzene rings is 1. The van der Waals surface area contributed by atoms with Crippen LogP contribution in [-0.2, 0) is 6.54 Å². The highest BCUT2D eigenvalue weighted by atomic mass is 14.9. The van der Waals surface area contributed by atoms with Crippen molar-refractivity contribution in [1.29, 1.82) is 0 Å². The molecule has 0 unspecified atom stereocenters. The summed E-state index contributed by atoms with van der Waals surface area (Å²) in [7, 11) is 0. The summed E-state index contributed by atoms with van der Waals surface area (Å²) >= 11 is 0. The van der Waals surface area contributed by atoms with Gasteiger partial charge in [0, 0.05) is 24.6 Å². The van der Waals surface area contributed by atoms with Gasteiger partial charge in [-0.25, -0.2) is 0 Å². The fourth-order valence-electron chi connectivity index (χ4n) is 1.99. The van der Waals surface area contributed by atoms with Crippen molar-refractivity contribution in [2.24, 2.45) is 5.41 Å². The zero-order valence-corrected chi connectivity index (χ0v) is 12.2. The molecule has 1 N–H and O–H groups in total. The molecule has 1 aromatic heterocycles. The first kappa shape index (κ1) is 13.9. The predicted molar refractivity (Wildman–Crippen MR) is 81.5 cm³/mol. The second kappa shape index (κ2) is 6.07. The van der Waals surface area contributed by atoms with Gasteiger partial charge in [-0.05, 0) is 48.2 Å². The van der Waals surface area contributed by atoms with Gasteiger partial charge < -0.3 is 9.88 Å². The molecule has 1 aromatic carbocycles. The Morgan fingerprint density at radius 2 is 1.63 bits per heavy atom. The molecule has 2 nitrogen and oxygen atoms in total. The first-order valence-electron chi connectivity index (χ1n) is 6.98. The van der Waals surface area contributed by atoms with E-state index in [0.29, 0.717) is 5.41 Å². The smallest absolute Gasteiger partial charge is 0.0449 e. The number of nitrogens with zero attached hydrogens (tertiary/aromatic N) is 1. The molecule has 2 rings (SSSR count). The molecule has 0 atom stereocenters. The molecule has 0 bridgehead atoms. The lowest BCUT2D eigenvalue weighted by Gasteiger charge is -2.18. The van der Waals surface area contributed by atoms with Crippen LogP contribution in [-0.4, -0.2) is 11.1 Å². The number of aromatic nitrogens is 1. The van der Waals surface area contributed by atoms with E-state index in [2.05, 4.69) is 67.3 Å². The van der Waals surface area contributed by atoms with Gasteiger partial charge in [-0.1, -0.05) is 32.9 Å². The van der Waals surface area contributed by atoms with Crippen molar-refractivity contribution in [1.82, 2.24) is 9.88 Å². The van der Waals surface area contributed by atoms with Crippen LogP contribution in [0.25, 0.3) is 5.69 Å². The van der Waals surface area contributed by atoms with Crippen molar-refractivity contribution in [2.45, 2.75) is 33.7 Å². The molecule has 0 fully saturated rings. The lowest BCUT2D eigenvalue weighted by atomic mass is 9.92. The molecule has 0 radical (unpaired) electrons. The normalized spacial score (nSPS) is 11.7. The van der Waals surface area contributed by atoms with Crippen molar-refractivity contribution in [3.8, 4) is 5.69 Å². The third-order valence-corrected chi connectivity index (χ3v) is 3.22. The van der Waals surface area contributed by atoms with Crippen LogP contribution in [0.4, 0.5) is 0 Å². The van der Waals surface area contributed by atoms with E-state index in [9.17, 15) is 0 Å². The quantitative estimate of drug-likeness (QED) is 0.800. The Morgan fingerprint density at radius 3 is 2.21 bits per heavy atom. The second-order valence-corrected chi connectivity index (χ2v) is 6.24.